The molecule has 24 heavy (non-hydrogen) atoms. The molecule has 1 aliphatic rings. The van der Waals surface area contributed by atoms with Gasteiger partial charge in [-0.3, -0.25) is 4.98 Å². The van der Waals surface area contributed by atoms with Gasteiger partial charge in [0, 0.05) is 37.8 Å². The second-order valence-corrected chi connectivity index (χ2v) is 6.68. The number of amides is 2. The smallest absolute Gasteiger partial charge is 0.317 e. The molecule has 0 spiro atoms. The lowest BCUT2D eigenvalue weighted by atomic mass is 10.1. The monoisotopic (exact) mass is 326 g/mol. The summed E-state index contributed by atoms with van der Waals surface area (Å²) in [6.45, 7) is 2.51. The van der Waals surface area contributed by atoms with Crippen molar-refractivity contribution in [3.05, 3.63) is 42.1 Å². The summed E-state index contributed by atoms with van der Waals surface area (Å²) in [5.41, 5.74) is 2.10. The van der Waals surface area contributed by atoms with E-state index in [0.717, 1.165) is 29.4 Å². The van der Waals surface area contributed by atoms with E-state index >= 15 is 0 Å². The van der Waals surface area contributed by atoms with E-state index in [1.807, 2.05) is 31.3 Å². The SMILES string of the molecule is CN(Cc1ccc2ncccc2c1)C(=O)NCC[C@@H]1CCCN1C. The molecule has 5 nitrogen and oxygen atoms in total. The first-order valence-electron chi connectivity index (χ1n) is 8.66. The predicted molar refractivity (Wildman–Crippen MR) is 96.9 cm³/mol. The largest absolute Gasteiger partial charge is 0.338 e. The number of urea groups is 1. The van der Waals surface area contributed by atoms with E-state index in [9.17, 15) is 4.79 Å². The summed E-state index contributed by atoms with van der Waals surface area (Å²) in [6.07, 6.45) is 5.33. The fourth-order valence-electron chi connectivity index (χ4n) is 3.39. The highest BCUT2D eigenvalue weighted by molar-refractivity contribution is 5.79. The van der Waals surface area contributed by atoms with Crippen molar-refractivity contribution in [3.8, 4) is 0 Å². The van der Waals surface area contributed by atoms with E-state index in [2.05, 4.69) is 28.3 Å². The van der Waals surface area contributed by atoms with E-state index in [1.54, 1.807) is 11.1 Å². The maximum Gasteiger partial charge on any atom is 0.317 e. The number of nitrogens with zero attached hydrogens (tertiary/aromatic N) is 3. The highest BCUT2D eigenvalue weighted by Gasteiger charge is 2.20. The highest BCUT2D eigenvalue weighted by Crippen LogP contribution is 2.17. The van der Waals surface area contributed by atoms with Gasteiger partial charge in [0.15, 0.2) is 0 Å². The number of hydrogen-bond acceptors (Lipinski definition) is 3. The molecule has 0 unspecified atom stereocenters. The van der Waals surface area contributed by atoms with Crippen LogP contribution in [-0.2, 0) is 6.54 Å². The Balaban J connectivity index is 1.49. The van der Waals surface area contributed by atoms with Gasteiger partial charge in [-0.25, -0.2) is 4.79 Å². The summed E-state index contributed by atoms with van der Waals surface area (Å²) in [7, 11) is 4.00. The summed E-state index contributed by atoms with van der Waals surface area (Å²) in [4.78, 5) is 20.7. The number of nitrogens with one attached hydrogen (secondary N) is 1. The van der Waals surface area contributed by atoms with Crippen molar-refractivity contribution >= 4 is 16.9 Å². The molecule has 2 heterocycles. The Morgan fingerprint density at radius 1 is 1.42 bits per heavy atom. The fourth-order valence-corrected chi connectivity index (χ4v) is 3.39. The number of carbonyl (C=O) groups excluding carboxylic acids is 1. The zero-order chi connectivity index (χ0) is 16.9. The van der Waals surface area contributed by atoms with Crippen LogP contribution < -0.4 is 5.32 Å². The molecule has 2 aromatic rings. The maximum absolute atomic E-state index is 12.3. The average molecular weight is 326 g/mol. The third-order valence-corrected chi connectivity index (χ3v) is 4.86. The second kappa shape index (κ2) is 7.62. The van der Waals surface area contributed by atoms with Crippen molar-refractivity contribution in [2.75, 3.05) is 27.2 Å². The number of benzene rings is 1. The van der Waals surface area contributed by atoms with E-state index < -0.39 is 0 Å². The fraction of sp³-hybridized carbons (Fsp3) is 0.474. The van der Waals surface area contributed by atoms with Crippen LogP contribution in [-0.4, -0.2) is 54.0 Å². The molecule has 1 saturated heterocycles. The zero-order valence-electron chi connectivity index (χ0n) is 14.5. The molecule has 3 rings (SSSR count). The van der Waals surface area contributed by atoms with Gasteiger partial charge in [-0.2, -0.15) is 0 Å². The Morgan fingerprint density at radius 3 is 3.08 bits per heavy atom. The van der Waals surface area contributed by atoms with Crippen LogP contribution in [0.5, 0.6) is 0 Å². The van der Waals surface area contributed by atoms with Gasteiger partial charge in [0.25, 0.3) is 0 Å². The summed E-state index contributed by atoms with van der Waals surface area (Å²) in [6, 6.07) is 10.7. The lowest BCUT2D eigenvalue weighted by Crippen LogP contribution is -2.39. The van der Waals surface area contributed by atoms with Crippen LogP contribution in [0.1, 0.15) is 24.8 Å². The number of pyridine rings is 1. The molecule has 0 bridgehead atoms. The van der Waals surface area contributed by atoms with Crippen molar-refractivity contribution in [1.82, 2.24) is 20.1 Å². The summed E-state index contributed by atoms with van der Waals surface area (Å²) < 4.78 is 0. The molecule has 0 radical (unpaired) electrons. The maximum atomic E-state index is 12.3. The standard InChI is InChI=1S/C19H26N4O/c1-22-12-4-6-17(22)9-11-21-19(24)23(2)14-15-7-8-18-16(13-15)5-3-10-20-18/h3,5,7-8,10,13,17H,4,6,9,11-12,14H2,1-2H3,(H,21,24)/t17-/m0/s1. The van der Waals surface area contributed by atoms with E-state index in [4.69, 9.17) is 0 Å². The molecule has 1 aliphatic heterocycles. The number of hydrogen-bond donors (Lipinski definition) is 1. The van der Waals surface area contributed by atoms with E-state index in [0.29, 0.717) is 12.6 Å². The molecule has 5 heteroatoms. The first kappa shape index (κ1) is 16.7. The van der Waals surface area contributed by atoms with Gasteiger partial charge in [0.1, 0.15) is 0 Å². The lowest BCUT2D eigenvalue weighted by molar-refractivity contribution is 0.205. The van der Waals surface area contributed by atoms with E-state index in [-0.39, 0.29) is 6.03 Å². The summed E-state index contributed by atoms with van der Waals surface area (Å²) >= 11 is 0. The van der Waals surface area contributed by atoms with Crippen LogP contribution in [0, 0.1) is 0 Å². The molecular formula is C19H26N4O. The third kappa shape index (κ3) is 4.03. The Hall–Kier alpha value is -2.14. The Bertz CT molecular complexity index is 703. The van der Waals surface area contributed by atoms with E-state index in [1.165, 1.54) is 19.4 Å². The lowest BCUT2D eigenvalue weighted by Gasteiger charge is -2.21. The van der Waals surface area contributed by atoms with Crippen molar-refractivity contribution in [1.29, 1.82) is 0 Å². The molecule has 0 aliphatic carbocycles. The third-order valence-electron chi connectivity index (χ3n) is 4.86. The first-order valence-corrected chi connectivity index (χ1v) is 8.66. The topological polar surface area (TPSA) is 48.5 Å². The first-order chi connectivity index (χ1) is 11.6. The molecule has 0 saturated carbocycles. The molecule has 2 amide bonds. The van der Waals surface area contributed by atoms with Gasteiger partial charge in [0.2, 0.25) is 0 Å². The molecular weight excluding hydrogens is 300 g/mol. The minimum Gasteiger partial charge on any atom is -0.338 e. The van der Waals surface area contributed by atoms with Crippen LogP contribution in [0.15, 0.2) is 36.5 Å². The quantitative estimate of drug-likeness (QED) is 0.919. The van der Waals surface area contributed by atoms with Crippen LogP contribution in [0.3, 0.4) is 0 Å². The number of aromatic nitrogens is 1. The highest BCUT2D eigenvalue weighted by atomic mass is 16.2. The average Bonchev–Trinajstić information content (AvgIpc) is 2.99. The minimum atomic E-state index is -0.0121. The predicted octanol–water partition coefficient (Wildman–Crippen LogP) is 2.86. The number of likely N-dealkylation sites (tertiary alicyclic amines) is 1. The Kier molecular flexibility index (Phi) is 5.30. The Morgan fingerprint density at radius 2 is 2.29 bits per heavy atom. The van der Waals surface area contributed by atoms with Gasteiger partial charge in [-0.05, 0) is 56.6 Å². The van der Waals surface area contributed by atoms with Crippen LogP contribution in [0.2, 0.25) is 0 Å². The molecule has 128 valence electrons. The Labute approximate surface area is 143 Å². The number of fused-ring (bicyclic) bond motifs is 1. The minimum absolute atomic E-state index is 0.0121. The van der Waals surface area contributed by atoms with Crippen LogP contribution >= 0.6 is 0 Å². The van der Waals surface area contributed by atoms with Crippen LogP contribution in [0.4, 0.5) is 4.79 Å². The number of rotatable bonds is 5. The van der Waals surface area contributed by atoms with Gasteiger partial charge < -0.3 is 15.1 Å². The van der Waals surface area contributed by atoms with Crippen molar-refractivity contribution in [2.24, 2.45) is 0 Å². The second-order valence-electron chi connectivity index (χ2n) is 6.68. The van der Waals surface area contributed by atoms with Crippen molar-refractivity contribution in [3.63, 3.8) is 0 Å². The molecule has 1 atom stereocenters. The molecule has 1 fully saturated rings. The van der Waals surface area contributed by atoms with Gasteiger partial charge >= 0.3 is 6.03 Å². The van der Waals surface area contributed by atoms with Crippen molar-refractivity contribution < 1.29 is 4.79 Å². The summed E-state index contributed by atoms with van der Waals surface area (Å²) in [5.74, 6) is 0. The van der Waals surface area contributed by atoms with Crippen LogP contribution in [0.25, 0.3) is 10.9 Å². The zero-order valence-corrected chi connectivity index (χ0v) is 14.5. The summed E-state index contributed by atoms with van der Waals surface area (Å²) in [5, 5.41) is 4.14. The molecule has 1 N–H and O–H groups in total. The van der Waals surface area contributed by atoms with Gasteiger partial charge in [-0.1, -0.05) is 12.1 Å². The number of carbonyl (C=O) groups is 1. The molecule has 1 aromatic heterocycles. The van der Waals surface area contributed by atoms with Crippen molar-refractivity contribution in [2.45, 2.75) is 31.8 Å². The van der Waals surface area contributed by atoms with Gasteiger partial charge in [0.05, 0.1) is 5.52 Å². The van der Waals surface area contributed by atoms with Gasteiger partial charge in [-0.15, -0.1) is 0 Å². The molecule has 1 aromatic carbocycles. The normalized spacial score (nSPS) is 18.0.